The molecule has 0 radical (unpaired) electrons. The molecule has 0 saturated heterocycles. The summed E-state index contributed by atoms with van der Waals surface area (Å²) in [4.78, 5) is 17.0. The van der Waals surface area contributed by atoms with Gasteiger partial charge in [0, 0.05) is 31.2 Å². The summed E-state index contributed by atoms with van der Waals surface area (Å²) in [6.07, 6.45) is 4.23. The molecule has 0 amide bonds. The van der Waals surface area contributed by atoms with Crippen LogP contribution in [-0.2, 0) is 6.42 Å². The Hall–Kier alpha value is -2.04. The van der Waals surface area contributed by atoms with Crippen LogP contribution in [0.1, 0.15) is 12.6 Å². The summed E-state index contributed by atoms with van der Waals surface area (Å²) >= 11 is 0. The molecule has 2 aromatic rings. The lowest BCUT2D eigenvalue weighted by molar-refractivity contribution is 0.984. The molecule has 0 bridgehead atoms. The van der Waals surface area contributed by atoms with Crippen LogP contribution in [0.2, 0.25) is 0 Å². The Balaban J connectivity index is 2.48. The molecule has 0 spiro atoms. The largest absolute Gasteiger partial charge is 0.373 e. The third-order valence-corrected chi connectivity index (χ3v) is 2.16. The van der Waals surface area contributed by atoms with Crippen LogP contribution < -0.4 is 5.32 Å². The number of anilines is 1. The number of aromatic nitrogens is 4. The molecule has 2 heterocycles. The van der Waals surface area contributed by atoms with Gasteiger partial charge in [0.25, 0.3) is 0 Å². The summed E-state index contributed by atoms with van der Waals surface area (Å²) in [5.74, 6) is 1.90. The van der Waals surface area contributed by atoms with Crippen molar-refractivity contribution in [3.05, 3.63) is 30.2 Å². The van der Waals surface area contributed by atoms with E-state index in [4.69, 9.17) is 0 Å². The van der Waals surface area contributed by atoms with Gasteiger partial charge in [-0.15, -0.1) is 0 Å². The van der Waals surface area contributed by atoms with E-state index >= 15 is 0 Å². The zero-order valence-electron chi connectivity index (χ0n) is 9.31. The molecule has 0 aromatic carbocycles. The molecule has 2 aromatic heterocycles. The van der Waals surface area contributed by atoms with Gasteiger partial charge >= 0.3 is 0 Å². The highest BCUT2D eigenvalue weighted by Gasteiger charge is 2.07. The van der Waals surface area contributed by atoms with E-state index in [9.17, 15) is 0 Å². The number of hydrogen-bond acceptors (Lipinski definition) is 5. The maximum Gasteiger partial charge on any atom is 0.199 e. The van der Waals surface area contributed by atoms with Crippen LogP contribution in [0.4, 0.5) is 5.82 Å². The number of nitrogens with zero attached hydrogens (tertiary/aromatic N) is 4. The van der Waals surface area contributed by atoms with Crippen molar-refractivity contribution in [3.8, 4) is 11.6 Å². The SMILES string of the molecule is CCc1cc(NC)nc(-c2ncccn2)n1. The highest BCUT2D eigenvalue weighted by atomic mass is 15.0. The predicted molar refractivity (Wildman–Crippen MR) is 62.0 cm³/mol. The van der Waals surface area contributed by atoms with E-state index < -0.39 is 0 Å². The number of rotatable bonds is 3. The van der Waals surface area contributed by atoms with Gasteiger partial charge in [0.05, 0.1) is 0 Å². The van der Waals surface area contributed by atoms with Crippen molar-refractivity contribution in [1.29, 1.82) is 0 Å². The van der Waals surface area contributed by atoms with E-state index in [1.54, 1.807) is 18.5 Å². The summed E-state index contributed by atoms with van der Waals surface area (Å²) in [5, 5.41) is 3.01. The summed E-state index contributed by atoms with van der Waals surface area (Å²) < 4.78 is 0. The third-order valence-electron chi connectivity index (χ3n) is 2.16. The van der Waals surface area contributed by atoms with Gasteiger partial charge in [0.15, 0.2) is 11.6 Å². The van der Waals surface area contributed by atoms with Crippen LogP contribution in [0.25, 0.3) is 11.6 Å². The summed E-state index contributed by atoms with van der Waals surface area (Å²) in [6, 6.07) is 3.69. The summed E-state index contributed by atoms with van der Waals surface area (Å²) in [5.41, 5.74) is 0.974. The first-order valence-electron chi connectivity index (χ1n) is 5.16. The standard InChI is InChI=1S/C11H13N5/c1-3-8-7-9(12-2)16-11(15-8)10-13-5-4-6-14-10/h4-7H,3H2,1-2H3,(H,12,15,16). The Kier molecular flexibility index (Phi) is 3.05. The Labute approximate surface area is 94.0 Å². The topological polar surface area (TPSA) is 63.6 Å². The normalized spacial score (nSPS) is 10.1. The fourth-order valence-electron chi connectivity index (χ4n) is 1.32. The van der Waals surface area contributed by atoms with Crippen molar-refractivity contribution in [2.45, 2.75) is 13.3 Å². The van der Waals surface area contributed by atoms with Crippen molar-refractivity contribution in [3.63, 3.8) is 0 Å². The predicted octanol–water partition coefficient (Wildman–Crippen LogP) is 1.54. The quantitative estimate of drug-likeness (QED) is 0.841. The van der Waals surface area contributed by atoms with E-state index in [1.165, 1.54) is 0 Å². The maximum atomic E-state index is 4.39. The molecule has 0 fully saturated rings. The molecular formula is C11H13N5. The molecule has 0 saturated carbocycles. The number of nitrogens with one attached hydrogen (secondary N) is 1. The van der Waals surface area contributed by atoms with E-state index in [0.29, 0.717) is 11.6 Å². The molecule has 1 N–H and O–H groups in total. The first kappa shape index (κ1) is 10.5. The fourth-order valence-corrected chi connectivity index (χ4v) is 1.32. The second-order valence-electron chi connectivity index (χ2n) is 3.24. The zero-order chi connectivity index (χ0) is 11.4. The first-order valence-corrected chi connectivity index (χ1v) is 5.16. The molecule has 82 valence electrons. The Bertz CT molecular complexity index is 447. The molecule has 5 heteroatoms. The van der Waals surface area contributed by atoms with Crippen molar-refractivity contribution in [2.24, 2.45) is 0 Å². The minimum atomic E-state index is 0.550. The van der Waals surface area contributed by atoms with Crippen LogP contribution in [0.15, 0.2) is 24.5 Å². The number of hydrogen-bond donors (Lipinski definition) is 1. The van der Waals surface area contributed by atoms with Gasteiger partial charge in [-0.05, 0) is 12.5 Å². The highest BCUT2D eigenvalue weighted by molar-refractivity contribution is 5.48. The van der Waals surface area contributed by atoms with Gasteiger partial charge in [-0.1, -0.05) is 6.92 Å². The van der Waals surface area contributed by atoms with Gasteiger partial charge < -0.3 is 5.32 Å². The van der Waals surface area contributed by atoms with Gasteiger partial charge in [-0.25, -0.2) is 19.9 Å². The van der Waals surface area contributed by atoms with Crippen LogP contribution in [0.5, 0.6) is 0 Å². The molecule has 5 nitrogen and oxygen atoms in total. The molecule has 0 atom stereocenters. The van der Waals surface area contributed by atoms with E-state index in [2.05, 4.69) is 32.2 Å². The second kappa shape index (κ2) is 4.65. The maximum absolute atomic E-state index is 4.39. The number of aryl methyl sites for hydroxylation is 1. The Morgan fingerprint density at radius 1 is 1.12 bits per heavy atom. The lowest BCUT2D eigenvalue weighted by Gasteiger charge is -2.05. The lowest BCUT2D eigenvalue weighted by Crippen LogP contribution is -2.02. The highest BCUT2D eigenvalue weighted by Crippen LogP contribution is 2.13. The smallest absolute Gasteiger partial charge is 0.199 e. The van der Waals surface area contributed by atoms with E-state index in [1.807, 2.05) is 13.1 Å². The monoisotopic (exact) mass is 215 g/mol. The second-order valence-corrected chi connectivity index (χ2v) is 3.24. The zero-order valence-corrected chi connectivity index (χ0v) is 9.31. The average molecular weight is 215 g/mol. The molecule has 0 aliphatic heterocycles. The molecule has 2 rings (SSSR count). The van der Waals surface area contributed by atoms with Crippen molar-refractivity contribution in [2.75, 3.05) is 12.4 Å². The van der Waals surface area contributed by atoms with Crippen LogP contribution in [-0.4, -0.2) is 27.0 Å². The van der Waals surface area contributed by atoms with Crippen molar-refractivity contribution in [1.82, 2.24) is 19.9 Å². The molecule has 0 aliphatic carbocycles. The fraction of sp³-hybridized carbons (Fsp3) is 0.273. The van der Waals surface area contributed by atoms with Crippen LogP contribution in [0.3, 0.4) is 0 Å². The Morgan fingerprint density at radius 3 is 2.50 bits per heavy atom. The third kappa shape index (κ3) is 2.13. The lowest BCUT2D eigenvalue weighted by atomic mass is 10.3. The van der Waals surface area contributed by atoms with Gasteiger partial charge in [0.2, 0.25) is 0 Å². The van der Waals surface area contributed by atoms with Gasteiger partial charge in [-0.2, -0.15) is 0 Å². The average Bonchev–Trinajstić information content (AvgIpc) is 2.39. The summed E-state index contributed by atoms with van der Waals surface area (Å²) in [7, 11) is 1.83. The molecule has 0 aliphatic rings. The van der Waals surface area contributed by atoms with Gasteiger partial charge in [-0.3, -0.25) is 0 Å². The van der Waals surface area contributed by atoms with Crippen molar-refractivity contribution >= 4 is 5.82 Å². The molecule has 16 heavy (non-hydrogen) atoms. The summed E-state index contributed by atoms with van der Waals surface area (Å²) in [6.45, 7) is 2.05. The Morgan fingerprint density at radius 2 is 1.88 bits per heavy atom. The van der Waals surface area contributed by atoms with Crippen molar-refractivity contribution < 1.29 is 0 Å². The van der Waals surface area contributed by atoms with E-state index in [0.717, 1.165) is 17.9 Å². The first-order chi connectivity index (χ1) is 7.83. The molecular weight excluding hydrogens is 202 g/mol. The minimum absolute atomic E-state index is 0.550. The van der Waals surface area contributed by atoms with Crippen LogP contribution >= 0.6 is 0 Å². The minimum Gasteiger partial charge on any atom is -0.373 e. The van der Waals surface area contributed by atoms with E-state index in [-0.39, 0.29) is 0 Å². The molecule has 0 unspecified atom stereocenters. The van der Waals surface area contributed by atoms with Gasteiger partial charge in [0.1, 0.15) is 5.82 Å². The van der Waals surface area contributed by atoms with Crippen LogP contribution in [0, 0.1) is 0 Å².